The number of benzene rings is 2. The molecule has 1 saturated heterocycles. The number of carbonyl (C=O) groups is 4. The molecule has 4 saturated carbocycles. The van der Waals surface area contributed by atoms with Crippen LogP contribution in [0.15, 0.2) is 48.0 Å². The fourth-order valence-corrected chi connectivity index (χ4v) is 7.52. The average molecular weight is 531 g/mol. The van der Waals surface area contributed by atoms with Gasteiger partial charge in [0.2, 0.25) is 0 Å². The Morgan fingerprint density at radius 1 is 1.00 bits per heavy atom. The molecule has 1 heterocycles. The number of aliphatic carboxylic acids is 1. The van der Waals surface area contributed by atoms with E-state index in [1.54, 1.807) is 18.2 Å². The summed E-state index contributed by atoms with van der Waals surface area (Å²) in [6.45, 7) is -0.545. The topological polar surface area (TPSA) is 122 Å². The van der Waals surface area contributed by atoms with Gasteiger partial charge < -0.3 is 14.6 Å². The molecule has 5 fully saturated rings. The molecule has 0 atom stereocenters. The summed E-state index contributed by atoms with van der Waals surface area (Å²) in [5.41, 5.74) is 2.11. The Balaban J connectivity index is 1.25. The fourth-order valence-electron chi connectivity index (χ4n) is 7.52. The third kappa shape index (κ3) is 4.56. The van der Waals surface area contributed by atoms with Gasteiger partial charge in [-0.2, -0.15) is 0 Å². The molecule has 5 aliphatic rings. The van der Waals surface area contributed by atoms with Crippen molar-refractivity contribution in [2.75, 3.05) is 18.6 Å². The van der Waals surface area contributed by atoms with Crippen molar-refractivity contribution in [2.45, 2.75) is 43.9 Å². The first kappa shape index (κ1) is 25.2. The Bertz CT molecular complexity index is 1360. The summed E-state index contributed by atoms with van der Waals surface area (Å²) in [6.07, 6.45) is 9.07. The number of nitrogens with zero attached hydrogens (tertiary/aromatic N) is 1. The Labute approximate surface area is 225 Å². The van der Waals surface area contributed by atoms with Crippen LogP contribution in [0.3, 0.4) is 0 Å². The van der Waals surface area contributed by atoms with Gasteiger partial charge >= 0.3 is 12.0 Å². The summed E-state index contributed by atoms with van der Waals surface area (Å²) in [6, 6.07) is 11.5. The monoisotopic (exact) mass is 530 g/mol. The zero-order chi connectivity index (χ0) is 27.3. The number of carboxylic acid groups (broad SMARTS) is 1. The molecule has 4 aliphatic carbocycles. The molecule has 39 heavy (non-hydrogen) atoms. The van der Waals surface area contributed by atoms with E-state index in [1.807, 2.05) is 12.1 Å². The van der Waals surface area contributed by atoms with Crippen LogP contribution < -0.4 is 19.7 Å². The van der Waals surface area contributed by atoms with Gasteiger partial charge in [0.25, 0.3) is 11.8 Å². The van der Waals surface area contributed by atoms with Crippen molar-refractivity contribution >= 4 is 35.6 Å². The summed E-state index contributed by atoms with van der Waals surface area (Å²) in [4.78, 5) is 50.6. The quantitative estimate of drug-likeness (QED) is 0.404. The van der Waals surface area contributed by atoms with E-state index >= 15 is 0 Å². The van der Waals surface area contributed by atoms with Crippen LogP contribution in [0.25, 0.3) is 6.08 Å². The van der Waals surface area contributed by atoms with Gasteiger partial charge in [-0.05, 0) is 103 Å². The van der Waals surface area contributed by atoms with Crippen molar-refractivity contribution in [1.82, 2.24) is 5.32 Å². The van der Waals surface area contributed by atoms with Gasteiger partial charge in [0.1, 0.15) is 5.57 Å². The number of carboxylic acids is 1. The zero-order valence-electron chi connectivity index (χ0n) is 21.6. The number of anilines is 1. The molecule has 0 spiro atoms. The van der Waals surface area contributed by atoms with Crippen LogP contribution in [0.4, 0.5) is 10.5 Å². The van der Waals surface area contributed by atoms with Gasteiger partial charge in [0, 0.05) is 0 Å². The number of rotatable bonds is 7. The van der Waals surface area contributed by atoms with Gasteiger partial charge in [-0.25, -0.2) is 14.5 Å². The van der Waals surface area contributed by atoms with Gasteiger partial charge in [-0.15, -0.1) is 0 Å². The van der Waals surface area contributed by atoms with E-state index in [0.717, 1.165) is 22.7 Å². The molecular formula is C30H30N2O7. The molecule has 4 amide bonds. The number of carbonyl (C=O) groups excluding carboxylic acids is 3. The van der Waals surface area contributed by atoms with Crippen LogP contribution in [0.1, 0.15) is 49.7 Å². The summed E-state index contributed by atoms with van der Waals surface area (Å²) < 4.78 is 10.5. The van der Waals surface area contributed by atoms with Crippen LogP contribution in [-0.4, -0.2) is 42.6 Å². The summed E-state index contributed by atoms with van der Waals surface area (Å²) in [5.74, 6) is 0.206. The number of ether oxygens (including phenoxy) is 2. The van der Waals surface area contributed by atoms with Gasteiger partial charge in [0.05, 0.1) is 12.8 Å². The van der Waals surface area contributed by atoms with Crippen molar-refractivity contribution in [2.24, 2.45) is 17.8 Å². The summed E-state index contributed by atoms with van der Waals surface area (Å²) in [7, 11) is 1.39. The highest BCUT2D eigenvalue weighted by Gasteiger charge is 2.51. The standard InChI is InChI=1S/C30H30N2O7/c1-38-25-12-17(2-7-24(25)39-16-26(33)34)11-23-27(35)31-29(37)32(28(23)36)22-5-3-21(4-6-22)30-13-18-8-19(14-30)10-20(9-18)15-30/h2-7,11-12,18-20H,8-10,13-16H2,1H3,(H,33,34)(H,31,35,37)/b23-11+. The molecule has 1 aliphatic heterocycles. The lowest BCUT2D eigenvalue weighted by atomic mass is 9.48. The lowest BCUT2D eigenvalue weighted by molar-refractivity contribution is -0.139. The normalized spacial score (nSPS) is 28.5. The van der Waals surface area contributed by atoms with E-state index in [1.165, 1.54) is 69.4 Å². The second-order valence-corrected chi connectivity index (χ2v) is 11.3. The summed E-state index contributed by atoms with van der Waals surface area (Å²) in [5, 5.41) is 11.1. The molecule has 2 aromatic carbocycles. The third-order valence-electron chi connectivity index (χ3n) is 8.73. The maximum absolute atomic E-state index is 13.4. The molecular weight excluding hydrogens is 500 g/mol. The first-order valence-corrected chi connectivity index (χ1v) is 13.3. The van der Waals surface area contributed by atoms with E-state index in [0.29, 0.717) is 11.3 Å². The van der Waals surface area contributed by atoms with Crippen LogP contribution in [0.2, 0.25) is 0 Å². The van der Waals surface area contributed by atoms with Crippen molar-refractivity contribution < 1.29 is 33.8 Å². The van der Waals surface area contributed by atoms with E-state index in [2.05, 4.69) is 5.32 Å². The second-order valence-electron chi connectivity index (χ2n) is 11.3. The van der Waals surface area contributed by atoms with Gasteiger partial charge in [-0.1, -0.05) is 18.2 Å². The van der Waals surface area contributed by atoms with Gasteiger partial charge in [0.15, 0.2) is 18.1 Å². The second kappa shape index (κ2) is 9.55. The minimum Gasteiger partial charge on any atom is -0.493 e. The SMILES string of the molecule is COc1cc(/C=C2\C(=O)NC(=O)N(c3ccc(C45CC6CC(CC(C6)C4)C5)cc3)C2=O)ccc1OCC(=O)O. The molecule has 4 bridgehead atoms. The first-order valence-electron chi connectivity index (χ1n) is 13.3. The molecule has 9 nitrogen and oxygen atoms in total. The lowest BCUT2D eigenvalue weighted by Gasteiger charge is -2.57. The fraction of sp³-hybridized carbons (Fsp3) is 0.400. The van der Waals surface area contributed by atoms with Gasteiger partial charge in [-0.3, -0.25) is 14.9 Å². The number of barbiturate groups is 1. The van der Waals surface area contributed by atoms with E-state index in [9.17, 15) is 19.2 Å². The lowest BCUT2D eigenvalue weighted by Crippen LogP contribution is -2.54. The van der Waals surface area contributed by atoms with Crippen LogP contribution >= 0.6 is 0 Å². The number of hydrogen-bond donors (Lipinski definition) is 2. The predicted octanol–water partition coefficient (Wildman–Crippen LogP) is 4.29. The zero-order valence-corrected chi connectivity index (χ0v) is 21.6. The van der Waals surface area contributed by atoms with E-state index < -0.39 is 30.4 Å². The number of imide groups is 2. The van der Waals surface area contributed by atoms with Crippen molar-refractivity contribution in [1.29, 1.82) is 0 Å². The molecule has 9 heteroatoms. The molecule has 2 N–H and O–H groups in total. The Kier molecular flexibility index (Phi) is 6.16. The highest BCUT2D eigenvalue weighted by atomic mass is 16.5. The number of nitrogens with one attached hydrogen (secondary N) is 1. The molecule has 0 aromatic heterocycles. The number of methoxy groups -OCH3 is 1. The first-order chi connectivity index (χ1) is 18.7. The smallest absolute Gasteiger partial charge is 0.341 e. The molecule has 0 radical (unpaired) electrons. The largest absolute Gasteiger partial charge is 0.493 e. The maximum atomic E-state index is 13.4. The van der Waals surface area contributed by atoms with Crippen LogP contribution in [0, 0.1) is 17.8 Å². The minimum atomic E-state index is -1.14. The molecule has 7 rings (SSSR count). The minimum absolute atomic E-state index is 0.196. The number of amides is 4. The Morgan fingerprint density at radius 3 is 2.23 bits per heavy atom. The van der Waals surface area contributed by atoms with Crippen molar-refractivity contribution in [3.63, 3.8) is 0 Å². The van der Waals surface area contributed by atoms with Crippen molar-refractivity contribution in [3.05, 3.63) is 59.2 Å². The van der Waals surface area contributed by atoms with Crippen LogP contribution in [-0.2, 0) is 19.8 Å². The number of urea groups is 1. The van der Waals surface area contributed by atoms with Crippen molar-refractivity contribution in [3.8, 4) is 11.5 Å². The maximum Gasteiger partial charge on any atom is 0.341 e. The Morgan fingerprint density at radius 2 is 1.64 bits per heavy atom. The van der Waals surface area contributed by atoms with E-state index in [-0.39, 0.29) is 22.5 Å². The average Bonchev–Trinajstić information content (AvgIpc) is 2.89. The van der Waals surface area contributed by atoms with E-state index in [4.69, 9.17) is 14.6 Å². The predicted molar refractivity (Wildman–Crippen MR) is 141 cm³/mol. The highest BCUT2D eigenvalue weighted by molar-refractivity contribution is 6.39. The molecule has 202 valence electrons. The highest BCUT2D eigenvalue weighted by Crippen LogP contribution is 2.60. The molecule has 0 unspecified atom stereocenters. The Hall–Kier alpha value is -4.14. The molecule has 2 aromatic rings. The summed E-state index contributed by atoms with van der Waals surface area (Å²) >= 11 is 0. The van der Waals surface area contributed by atoms with Crippen LogP contribution in [0.5, 0.6) is 11.5 Å². The third-order valence-corrected chi connectivity index (χ3v) is 8.73. The number of hydrogen-bond acceptors (Lipinski definition) is 6.